The number of nitrogens with zero attached hydrogens (tertiary/aromatic N) is 6. The fourth-order valence-electron chi connectivity index (χ4n) is 7.34. The minimum absolute atomic E-state index is 0.0704. The molecule has 0 aliphatic carbocycles. The minimum Gasteiger partial charge on any atom is -0.496 e. The van der Waals surface area contributed by atoms with Gasteiger partial charge in [-0.2, -0.15) is 0 Å². The summed E-state index contributed by atoms with van der Waals surface area (Å²) in [4.78, 5) is 38.8. The normalized spacial score (nSPS) is 19.1. The molecule has 1 amide bonds. The van der Waals surface area contributed by atoms with Gasteiger partial charge in [0.25, 0.3) is 5.56 Å². The van der Waals surface area contributed by atoms with Gasteiger partial charge in [0.05, 0.1) is 25.2 Å². The van der Waals surface area contributed by atoms with Crippen molar-refractivity contribution in [1.82, 2.24) is 29.2 Å². The van der Waals surface area contributed by atoms with Crippen LogP contribution in [0.4, 0.5) is 4.79 Å². The molecule has 3 aliphatic rings. The maximum Gasteiger partial charge on any atom is 0.410 e. The summed E-state index contributed by atoms with van der Waals surface area (Å²) in [5, 5.41) is 1.44. The second-order valence-corrected chi connectivity index (χ2v) is 14.3. The molecule has 6 rings (SSSR count). The first-order chi connectivity index (χ1) is 22.5. The molecule has 0 atom stereocenters. The molecule has 0 radical (unpaired) electrons. The minimum atomic E-state index is -0.443. The van der Waals surface area contributed by atoms with E-state index in [1.807, 2.05) is 37.9 Å². The lowest BCUT2D eigenvalue weighted by molar-refractivity contribution is -0.0100. The average molecular weight is 647 g/mol. The predicted molar refractivity (Wildman–Crippen MR) is 183 cm³/mol. The van der Waals surface area contributed by atoms with E-state index in [4.69, 9.17) is 14.2 Å². The Morgan fingerprint density at radius 1 is 0.936 bits per heavy atom. The molecule has 0 bridgehead atoms. The van der Waals surface area contributed by atoms with Gasteiger partial charge in [0.15, 0.2) is 0 Å². The highest BCUT2D eigenvalue weighted by Gasteiger charge is 2.36. The molecule has 3 saturated heterocycles. The van der Waals surface area contributed by atoms with Gasteiger partial charge in [-0.1, -0.05) is 0 Å². The Bertz CT molecular complexity index is 1600. The summed E-state index contributed by atoms with van der Waals surface area (Å²) in [7, 11) is 5.18. The largest absolute Gasteiger partial charge is 0.496 e. The zero-order valence-corrected chi connectivity index (χ0v) is 28.8. The zero-order chi connectivity index (χ0) is 33.3. The number of hydrogen-bond acceptors (Lipinski definition) is 9. The topological polar surface area (TPSA) is 92.6 Å². The van der Waals surface area contributed by atoms with Gasteiger partial charge in [-0.25, -0.2) is 4.79 Å². The van der Waals surface area contributed by atoms with Crippen LogP contribution < -0.4 is 15.0 Å². The van der Waals surface area contributed by atoms with E-state index < -0.39 is 5.60 Å². The number of ether oxygens (including phenoxy) is 3. The Hall–Kier alpha value is -3.67. The quantitative estimate of drug-likeness (QED) is 0.359. The maximum atomic E-state index is 12.7. The third-order valence-electron chi connectivity index (χ3n) is 9.89. The van der Waals surface area contributed by atoms with E-state index >= 15 is 0 Å². The van der Waals surface area contributed by atoms with Crippen molar-refractivity contribution in [1.29, 1.82) is 0 Å². The van der Waals surface area contributed by atoms with Gasteiger partial charge in [0.2, 0.25) is 0 Å². The Kier molecular flexibility index (Phi) is 9.77. The lowest BCUT2D eigenvalue weighted by Crippen LogP contribution is -2.57. The molecule has 2 aromatic heterocycles. The summed E-state index contributed by atoms with van der Waals surface area (Å²) in [5.74, 6) is 2.11. The Morgan fingerprint density at radius 3 is 2.21 bits per heavy atom. The highest BCUT2D eigenvalue weighted by atomic mass is 16.6. The molecule has 254 valence electrons. The van der Waals surface area contributed by atoms with Crippen molar-refractivity contribution in [3.63, 3.8) is 0 Å². The number of aromatic nitrogens is 2. The lowest BCUT2D eigenvalue weighted by atomic mass is 9.96. The summed E-state index contributed by atoms with van der Waals surface area (Å²) >= 11 is 0. The van der Waals surface area contributed by atoms with Crippen LogP contribution in [0.5, 0.6) is 11.5 Å². The summed E-state index contributed by atoms with van der Waals surface area (Å²) in [6, 6.07) is 6.63. The first-order valence-electron chi connectivity index (χ1n) is 16.9. The molecule has 5 heterocycles. The average Bonchev–Trinajstić information content (AvgIpc) is 3.04. The van der Waals surface area contributed by atoms with Crippen LogP contribution in [-0.2, 0) is 18.3 Å². The molecule has 1 aromatic carbocycles. The molecular weight excluding hydrogens is 596 g/mol. The van der Waals surface area contributed by atoms with Crippen LogP contribution in [0.15, 0.2) is 41.6 Å². The monoisotopic (exact) mass is 646 g/mol. The maximum absolute atomic E-state index is 12.7. The Labute approximate surface area is 278 Å². The molecule has 3 aromatic rings. The molecule has 0 saturated carbocycles. The number of aryl methyl sites for hydroxylation is 1. The Balaban J connectivity index is 1.02. The van der Waals surface area contributed by atoms with E-state index in [-0.39, 0.29) is 11.7 Å². The number of benzene rings is 1. The van der Waals surface area contributed by atoms with Gasteiger partial charge < -0.3 is 28.6 Å². The van der Waals surface area contributed by atoms with Gasteiger partial charge >= 0.3 is 6.09 Å². The van der Waals surface area contributed by atoms with Crippen molar-refractivity contribution in [2.45, 2.75) is 51.8 Å². The number of fused-ring (bicyclic) bond motifs is 1. The number of amides is 1. The van der Waals surface area contributed by atoms with Crippen LogP contribution in [-0.4, -0.2) is 120 Å². The smallest absolute Gasteiger partial charge is 0.410 e. The van der Waals surface area contributed by atoms with Gasteiger partial charge in [0, 0.05) is 95.5 Å². The molecule has 47 heavy (non-hydrogen) atoms. The fourth-order valence-corrected chi connectivity index (χ4v) is 7.34. The molecule has 11 nitrogen and oxygen atoms in total. The summed E-state index contributed by atoms with van der Waals surface area (Å²) < 4.78 is 19.0. The summed E-state index contributed by atoms with van der Waals surface area (Å²) in [6.45, 7) is 15.5. The number of rotatable bonds is 8. The van der Waals surface area contributed by atoms with Crippen LogP contribution in [0, 0.1) is 5.92 Å². The van der Waals surface area contributed by atoms with Crippen molar-refractivity contribution in [3.8, 4) is 22.6 Å². The molecule has 0 unspecified atom stereocenters. The van der Waals surface area contributed by atoms with Crippen LogP contribution in [0.25, 0.3) is 21.9 Å². The Morgan fingerprint density at radius 2 is 1.60 bits per heavy atom. The van der Waals surface area contributed by atoms with E-state index in [2.05, 4.69) is 31.8 Å². The third-order valence-corrected chi connectivity index (χ3v) is 9.89. The van der Waals surface area contributed by atoms with Crippen molar-refractivity contribution < 1.29 is 19.0 Å². The second kappa shape index (κ2) is 13.8. The lowest BCUT2D eigenvalue weighted by Gasteiger charge is -2.45. The molecule has 3 fully saturated rings. The third kappa shape index (κ3) is 7.42. The number of piperazine rings is 1. The number of pyridine rings is 2. The number of carbonyl (C=O) groups is 1. The van der Waals surface area contributed by atoms with Crippen molar-refractivity contribution in [2.75, 3.05) is 73.1 Å². The van der Waals surface area contributed by atoms with E-state index in [9.17, 15) is 9.59 Å². The van der Waals surface area contributed by atoms with E-state index in [1.165, 1.54) is 12.8 Å². The van der Waals surface area contributed by atoms with Crippen molar-refractivity contribution in [2.24, 2.45) is 13.0 Å². The van der Waals surface area contributed by atoms with Gasteiger partial charge in [-0.3, -0.25) is 19.6 Å². The van der Waals surface area contributed by atoms with Gasteiger partial charge in [-0.05, 0) is 75.9 Å². The molecule has 3 aliphatic heterocycles. The van der Waals surface area contributed by atoms with Crippen LogP contribution in [0.3, 0.4) is 0 Å². The van der Waals surface area contributed by atoms with E-state index in [1.54, 1.807) is 38.2 Å². The van der Waals surface area contributed by atoms with Crippen LogP contribution in [0.1, 0.15) is 39.2 Å². The van der Waals surface area contributed by atoms with Crippen molar-refractivity contribution in [3.05, 3.63) is 52.7 Å². The highest BCUT2D eigenvalue weighted by molar-refractivity contribution is 5.95. The molecular formula is C36H50N6O5. The summed E-state index contributed by atoms with van der Waals surface area (Å²) in [5.41, 5.74) is 2.39. The van der Waals surface area contributed by atoms with Crippen LogP contribution in [0.2, 0.25) is 0 Å². The first kappa shape index (κ1) is 33.2. The van der Waals surface area contributed by atoms with E-state index in [0.717, 1.165) is 99.0 Å². The number of methoxy groups -OCH3 is 2. The van der Waals surface area contributed by atoms with Gasteiger partial charge in [0.1, 0.15) is 17.1 Å². The molecule has 0 N–H and O–H groups in total. The zero-order valence-electron chi connectivity index (χ0n) is 28.8. The van der Waals surface area contributed by atoms with E-state index in [0.29, 0.717) is 17.3 Å². The van der Waals surface area contributed by atoms with Crippen molar-refractivity contribution >= 4 is 16.9 Å². The number of carbonyl (C=O) groups excluding carboxylic acids is 1. The summed E-state index contributed by atoms with van der Waals surface area (Å²) in [6.07, 6.45) is 7.42. The van der Waals surface area contributed by atoms with Gasteiger partial charge in [-0.15, -0.1) is 0 Å². The highest BCUT2D eigenvalue weighted by Crippen LogP contribution is 2.38. The number of likely N-dealkylation sites (tertiary alicyclic amines) is 2. The molecule has 11 heteroatoms. The SMILES string of the molecule is COc1cc(-c2cn(C)c(=O)c3cnccc23)cc(OC)c1CN1CCN(C2CCN(CC3CN(C(=O)OC(C)(C)C)C3)CC2)CC1. The van der Waals surface area contributed by atoms with Crippen LogP contribution >= 0.6 is 0 Å². The molecule has 0 spiro atoms. The predicted octanol–water partition coefficient (Wildman–Crippen LogP) is 4.07. The second-order valence-electron chi connectivity index (χ2n) is 14.3. The fraction of sp³-hybridized carbons (Fsp3) is 0.583. The first-order valence-corrected chi connectivity index (χ1v) is 16.9. The number of hydrogen-bond donors (Lipinski definition) is 0. The number of piperidine rings is 1. The standard InChI is InChI=1S/C36H50N6O5/c1-36(2,3)47-35(44)42-21-25(22-42)20-39-11-8-27(9-12-39)41-15-13-40(14-16-41)24-31-32(45-5)17-26(18-33(31)46-6)30-23-38(4)34(43)29-19-37-10-7-28(29)30/h7,10,17-19,23,25,27H,8-9,11-16,20-22,24H2,1-6H3.